The van der Waals surface area contributed by atoms with E-state index in [9.17, 15) is 9.50 Å². The molecule has 2 rings (SSSR count). The van der Waals surface area contributed by atoms with Crippen LogP contribution in [0.3, 0.4) is 0 Å². The number of hydrogen-bond acceptors (Lipinski definition) is 3. The molecule has 1 aromatic carbocycles. The van der Waals surface area contributed by atoms with Gasteiger partial charge in [-0.15, -0.1) is 0 Å². The highest BCUT2D eigenvalue weighted by Crippen LogP contribution is 2.25. The fraction of sp³-hybridized carbons (Fsp3) is 0.538. The standard InChI is InChI=1S/C13H17ClFNO2/c14-10-8-9(15)3-4-13(10)18-7-5-12(17)11-2-1-6-16-11/h3-4,8,11-12,16-17H,1-2,5-7H2. The topological polar surface area (TPSA) is 41.5 Å². The molecular formula is C13H17ClFNO2. The summed E-state index contributed by atoms with van der Waals surface area (Å²) in [6.45, 7) is 1.33. The lowest BCUT2D eigenvalue weighted by Crippen LogP contribution is -2.35. The Morgan fingerprint density at radius 3 is 3.06 bits per heavy atom. The summed E-state index contributed by atoms with van der Waals surface area (Å²) in [6, 6.07) is 4.18. The van der Waals surface area contributed by atoms with Gasteiger partial charge < -0.3 is 15.2 Å². The van der Waals surface area contributed by atoms with E-state index in [1.807, 2.05) is 0 Å². The van der Waals surface area contributed by atoms with Gasteiger partial charge in [-0.25, -0.2) is 4.39 Å². The number of aliphatic hydroxyl groups excluding tert-OH is 1. The second-order valence-electron chi connectivity index (χ2n) is 4.48. The number of hydrogen-bond donors (Lipinski definition) is 2. The van der Waals surface area contributed by atoms with E-state index >= 15 is 0 Å². The molecule has 0 amide bonds. The van der Waals surface area contributed by atoms with Crippen LogP contribution in [0.4, 0.5) is 4.39 Å². The van der Waals surface area contributed by atoms with Crippen LogP contribution in [0.2, 0.25) is 5.02 Å². The van der Waals surface area contributed by atoms with E-state index in [0.29, 0.717) is 18.8 Å². The van der Waals surface area contributed by atoms with Crippen LogP contribution in [0.25, 0.3) is 0 Å². The number of rotatable bonds is 5. The van der Waals surface area contributed by atoms with Crippen LogP contribution >= 0.6 is 11.6 Å². The summed E-state index contributed by atoms with van der Waals surface area (Å²) >= 11 is 5.83. The summed E-state index contributed by atoms with van der Waals surface area (Å²) in [5.41, 5.74) is 0. The van der Waals surface area contributed by atoms with E-state index in [1.54, 1.807) is 0 Å². The Balaban J connectivity index is 1.77. The van der Waals surface area contributed by atoms with E-state index in [1.165, 1.54) is 18.2 Å². The number of benzene rings is 1. The zero-order valence-corrected chi connectivity index (χ0v) is 10.8. The fourth-order valence-corrected chi connectivity index (χ4v) is 2.34. The molecule has 1 saturated heterocycles. The monoisotopic (exact) mass is 273 g/mol. The Labute approximate surface area is 111 Å². The molecule has 2 unspecified atom stereocenters. The lowest BCUT2D eigenvalue weighted by molar-refractivity contribution is 0.107. The molecule has 0 aromatic heterocycles. The van der Waals surface area contributed by atoms with Crippen LogP contribution in [-0.2, 0) is 0 Å². The molecule has 5 heteroatoms. The fourth-order valence-electron chi connectivity index (χ4n) is 2.12. The summed E-state index contributed by atoms with van der Waals surface area (Å²) in [4.78, 5) is 0. The van der Waals surface area contributed by atoms with Crippen LogP contribution in [0.5, 0.6) is 5.75 Å². The smallest absolute Gasteiger partial charge is 0.138 e. The third-order valence-electron chi connectivity index (χ3n) is 3.13. The Morgan fingerprint density at radius 2 is 2.39 bits per heavy atom. The normalized spacial score (nSPS) is 20.9. The molecule has 0 aliphatic carbocycles. The van der Waals surface area contributed by atoms with Crippen LogP contribution in [0.15, 0.2) is 18.2 Å². The Hall–Kier alpha value is -0.840. The van der Waals surface area contributed by atoms with Gasteiger partial charge in [0.25, 0.3) is 0 Å². The summed E-state index contributed by atoms with van der Waals surface area (Å²) in [6.07, 6.45) is 2.22. The molecule has 0 saturated carbocycles. The minimum absolute atomic E-state index is 0.164. The van der Waals surface area contributed by atoms with Gasteiger partial charge in [-0.05, 0) is 37.6 Å². The Morgan fingerprint density at radius 1 is 1.56 bits per heavy atom. The highest BCUT2D eigenvalue weighted by molar-refractivity contribution is 6.32. The van der Waals surface area contributed by atoms with Gasteiger partial charge in [0.05, 0.1) is 17.7 Å². The van der Waals surface area contributed by atoms with E-state index < -0.39 is 6.10 Å². The average molecular weight is 274 g/mol. The molecule has 1 heterocycles. The lowest BCUT2D eigenvalue weighted by Gasteiger charge is -2.18. The van der Waals surface area contributed by atoms with E-state index in [4.69, 9.17) is 16.3 Å². The van der Waals surface area contributed by atoms with Crippen molar-refractivity contribution in [3.05, 3.63) is 29.0 Å². The minimum atomic E-state index is -0.410. The summed E-state index contributed by atoms with van der Waals surface area (Å²) in [7, 11) is 0. The molecule has 1 aromatic rings. The van der Waals surface area contributed by atoms with Gasteiger partial charge in [-0.1, -0.05) is 11.6 Å². The third kappa shape index (κ3) is 3.57. The molecule has 1 fully saturated rings. The second-order valence-corrected chi connectivity index (χ2v) is 4.89. The average Bonchev–Trinajstić information content (AvgIpc) is 2.85. The summed E-state index contributed by atoms with van der Waals surface area (Å²) in [5.74, 6) is 0.0622. The molecule has 0 spiro atoms. The van der Waals surface area contributed by atoms with Crippen molar-refractivity contribution in [3.8, 4) is 5.75 Å². The third-order valence-corrected chi connectivity index (χ3v) is 3.42. The van der Waals surface area contributed by atoms with Crippen molar-refractivity contribution in [1.82, 2.24) is 5.32 Å². The predicted octanol–water partition coefficient (Wildman–Crippen LogP) is 2.36. The number of aliphatic hydroxyl groups is 1. The van der Waals surface area contributed by atoms with E-state index in [-0.39, 0.29) is 16.9 Å². The van der Waals surface area contributed by atoms with E-state index in [0.717, 1.165) is 19.4 Å². The molecule has 2 N–H and O–H groups in total. The maximum Gasteiger partial charge on any atom is 0.138 e. The largest absolute Gasteiger partial charge is 0.492 e. The van der Waals surface area contributed by atoms with Gasteiger partial charge in [0.15, 0.2) is 0 Å². The molecule has 0 bridgehead atoms. The van der Waals surface area contributed by atoms with Crippen molar-refractivity contribution in [1.29, 1.82) is 0 Å². The first-order valence-electron chi connectivity index (χ1n) is 6.16. The summed E-state index contributed by atoms with van der Waals surface area (Å²) < 4.78 is 18.2. The predicted molar refractivity (Wildman–Crippen MR) is 68.6 cm³/mol. The zero-order valence-electron chi connectivity index (χ0n) is 10.0. The van der Waals surface area contributed by atoms with Crippen molar-refractivity contribution in [3.63, 3.8) is 0 Å². The SMILES string of the molecule is OC(CCOc1ccc(F)cc1Cl)C1CCCN1. The molecule has 1 aliphatic heterocycles. The van der Waals surface area contributed by atoms with Gasteiger partial charge in [0.1, 0.15) is 11.6 Å². The number of nitrogens with one attached hydrogen (secondary N) is 1. The van der Waals surface area contributed by atoms with Gasteiger partial charge in [-0.2, -0.15) is 0 Å². The van der Waals surface area contributed by atoms with Crippen molar-refractivity contribution in [2.75, 3.05) is 13.2 Å². The maximum absolute atomic E-state index is 12.8. The van der Waals surface area contributed by atoms with Crippen LogP contribution in [0, 0.1) is 5.82 Å². The molecule has 3 nitrogen and oxygen atoms in total. The molecule has 0 radical (unpaired) electrons. The Kier molecular flexibility index (Phi) is 4.80. The highest BCUT2D eigenvalue weighted by atomic mass is 35.5. The van der Waals surface area contributed by atoms with Crippen LogP contribution in [0.1, 0.15) is 19.3 Å². The van der Waals surface area contributed by atoms with Gasteiger partial charge >= 0.3 is 0 Å². The zero-order chi connectivity index (χ0) is 13.0. The molecule has 18 heavy (non-hydrogen) atoms. The van der Waals surface area contributed by atoms with Crippen molar-refractivity contribution >= 4 is 11.6 Å². The van der Waals surface area contributed by atoms with Crippen molar-refractivity contribution in [2.45, 2.75) is 31.4 Å². The molecular weight excluding hydrogens is 257 g/mol. The van der Waals surface area contributed by atoms with Crippen molar-refractivity contribution in [2.24, 2.45) is 0 Å². The van der Waals surface area contributed by atoms with E-state index in [2.05, 4.69) is 5.32 Å². The molecule has 1 aliphatic rings. The second kappa shape index (κ2) is 6.36. The number of ether oxygens (including phenoxy) is 1. The lowest BCUT2D eigenvalue weighted by atomic mass is 10.1. The molecule has 100 valence electrons. The maximum atomic E-state index is 12.8. The first-order chi connectivity index (χ1) is 8.66. The first kappa shape index (κ1) is 13.6. The summed E-state index contributed by atoms with van der Waals surface area (Å²) in [5, 5.41) is 13.4. The van der Waals surface area contributed by atoms with Crippen LogP contribution < -0.4 is 10.1 Å². The Bertz CT molecular complexity index is 397. The van der Waals surface area contributed by atoms with Gasteiger partial charge in [0, 0.05) is 12.5 Å². The highest BCUT2D eigenvalue weighted by Gasteiger charge is 2.22. The quantitative estimate of drug-likeness (QED) is 0.865. The van der Waals surface area contributed by atoms with Crippen LogP contribution in [-0.4, -0.2) is 30.4 Å². The van der Waals surface area contributed by atoms with Gasteiger partial charge in [0.2, 0.25) is 0 Å². The molecule has 2 atom stereocenters. The number of halogens is 2. The van der Waals surface area contributed by atoms with Crippen molar-refractivity contribution < 1.29 is 14.2 Å². The first-order valence-corrected chi connectivity index (χ1v) is 6.54. The van der Waals surface area contributed by atoms with Gasteiger partial charge in [-0.3, -0.25) is 0 Å². The minimum Gasteiger partial charge on any atom is -0.492 e.